The second-order valence-corrected chi connectivity index (χ2v) is 6.28. The van der Waals surface area contributed by atoms with Crippen LogP contribution in [-0.4, -0.2) is 7.05 Å². The molecule has 0 radical (unpaired) electrons. The summed E-state index contributed by atoms with van der Waals surface area (Å²) >= 11 is 3.58. The molecule has 0 N–H and O–H groups in total. The molecule has 1 aliphatic rings. The lowest BCUT2D eigenvalue weighted by Crippen LogP contribution is -2.30. The van der Waals surface area contributed by atoms with Crippen LogP contribution in [0, 0.1) is 0 Å². The molecule has 0 aromatic heterocycles. The van der Waals surface area contributed by atoms with Crippen molar-refractivity contribution in [2.45, 2.75) is 19.3 Å². The highest BCUT2D eigenvalue weighted by molar-refractivity contribution is 9.10. The maximum atomic E-state index is 3.58. The van der Waals surface area contributed by atoms with Crippen molar-refractivity contribution in [2.75, 3.05) is 11.9 Å². The monoisotopic (exact) mass is 301 g/mol. The summed E-state index contributed by atoms with van der Waals surface area (Å²) in [5.41, 5.74) is 5.40. The highest BCUT2D eigenvalue weighted by atomic mass is 79.9. The van der Waals surface area contributed by atoms with Gasteiger partial charge < -0.3 is 4.90 Å². The second-order valence-electron chi connectivity index (χ2n) is 5.36. The minimum absolute atomic E-state index is 0.0439. The SMILES string of the molecule is CN1c2ccccc2C(C)(C)c2cc(Br)ccc21. The number of anilines is 2. The van der Waals surface area contributed by atoms with Gasteiger partial charge in [-0.05, 0) is 35.4 Å². The van der Waals surface area contributed by atoms with Gasteiger partial charge in [-0.25, -0.2) is 0 Å². The van der Waals surface area contributed by atoms with Crippen molar-refractivity contribution in [3.8, 4) is 0 Å². The Morgan fingerprint density at radius 2 is 1.61 bits per heavy atom. The summed E-state index contributed by atoms with van der Waals surface area (Å²) in [6, 6.07) is 15.2. The van der Waals surface area contributed by atoms with Crippen molar-refractivity contribution >= 4 is 27.3 Å². The van der Waals surface area contributed by atoms with Crippen LogP contribution < -0.4 is 4.90 Å². The van der Waals surface area contributed by atoms with E-state index in [4.69, 9.17) is 0 Å². The van der Waals surface area contributed by atoms with E-state index in [2.05, 4.69) is 84.2 Å². The molecule has 0 unspecified atom stereocenters. The Morgan fingerprint density at radius 1 is 0.944 bits per heavy atom. The molecule has 2 heteroatoms. The van der Waals surface area contributed by atoms with Gasteiger partial charge in [0, 0.05) is 28.3 Å². The highest BCUT2D eigenvalue weighted by Crippen LogP contribution is 2.48. The third kappa shape index (κ3) is 1.52. The number of hydrogen-bond donors (Lipinski definition) is 0. The van der Waals surface area contributed by atoms with Gasteiger partial charge in [0.05, 0.1) is 0 Å². The van der Waals surface area contributed by atoms with Crippen LogP contribution in [0.5, 0.6) is 0 Å². The highest BCUT2D eigenvalue weighted by Gasteiger charge is 2.34. The van der Waals surface area contributed by atoms with Crippen LogP contribution in [-0.2, 0) is 5.41 Å². The normalized spacial score (nSPS) is 16.1. The largest absolute Gasteiger partial charge is 0.344 e. The maximum Gasteiger partial charge on any atom is 0.0450 e. The van der Waals surface area contributed by atoms with Gasteiger partial charge in [0.1, 0.15) is 0 Å². The summed E-state index contributed by atoms with van der Waals surface area (Å²) in [4.78, 5) is 2.28. The van der Waals surface area contributed by atoms with Gasteiger partial charge in [-0.3, -0.25) is 0 Å². The Bertz CT molecular complexity index is 616. The zero-order valence-electron chi connectivity index (χ0n) is 10.9. The van der Waals surface area contributed by atoms with Gasteiger partial charge in [0.2, 0.25) is 0 Å². The Hall–Kier alpha value is -1.28. The zero-order chi connectivity index (χ0) is 12.9. The number of para-hydroxylation sites is 1. The summed E-state index contributed by atoms with van der Waals surface area (Å²) in [5, 5.41) is 0. The Morgan fingerprint density at radius 3 is 2.39 bits per heavy atom. The fourth-order valence-electron chi connectivity index (χ4n) is 2.87. The van der Waals surface area contributed by atoms with Crippen molar-refractivity contribution < 1.29 is 0 Å². The molecule has 2 aromatic carbocycles. The van der Waals surface area contributed by atoms with Crippen molar-refractivity contribution in [1.82, 2.24) is 0 Å². The van der Waals surface area contributed by atoms with Crippen LogP contribution in [0.4, 0.5) is 11.4 Å². The Balaban J connectivity index is 2.33. The zero-order valence-corrected chi connectivity index (χ0v) is 12.5. The summed E-state index contributed by atoms with van der Waals surface area (Å²) < 4.78 is 1.14. The average molecular weight is 302 g/mol. The van der Waals surface area contributed by atoms with E-state index in [1.165, 1.54) is 22.5 Å². The van der Waals surface area contributed by atoms with Crippen LogP contribution in [0.1, 0.15) is 25.0 Å². The molecular weight excluding hydrogens is 286 g/mol. The quantitative estimate of drug-likeness (QED) is 0.672. The lowest BCUT2D eigenvalue weighted by molar-refractivity contribution is 0.629. The molecule has 0 spiro atoms. The minimum Gasteiger partial charge on any atom is -0.344 e. The van der Waals surface area contributed by atoms with E-state index in [0.29, 0.717) is 0 Å². The minimum atomic E-state index is 0.0439. The number of rotatable bonds is 0. The first-order chi connectivity index (χ1) is 8.51. The van der Waals surface area contributed by atoms with Crippen molar-refractivity contribution in [1.29, 1.82) is 0 Å². The first kappa shape index (κ1) is 11.8. The summed E-state index contributed by atoms with van der Waals surface area (Å²) in [5.74, 6) is 0. The number of halogens is 1. The Labute approximate surface area is 117 Å². The summed E-state index contributed by atoms with van der Waals surface area (Å²) in [6.45, 7) is 4.59. The molecule has 3 rings (SSSR count). The molecule has 1 aliphatic heterocycles. The molecule has 2 aromatic rings. The van der Waals surface area contributed by atoms with E-state index in [1.54, 1.807) is 0 Å². The molecule has 0 bridgehead atoms. The molecule has 0 saturated heterocycles. The topological polar surface area (TPSA) is 3.24 Å². The van der Waals surface area contributed by atoms with Gasteiger partial charge in [-0.15, -0.1) is 0 Å². The number of hydrogen-bond acceptors (Lipinski definition) is 1. The maximum absolute atomic E-state index is 3.58. The smallest absolute Gasteiger partial charge is 0.0450 e. The molecule has 0 atom stereocenters. The lowest BCUT2D eigenvalue weighted by Gasteiger charge is -2.40. The second kappa shape index (κ2) is 3.86. The fourth-order valence-corrected chi connectivity index (χ4v) is 3.23. The van der Waals surface area contributed by atoms with Gasteiger partial charge in [0.15, 0.2) is 0 Å². The third-order valence-electron chi connectivity index (χ3n) is 3.93. The standard InChI is InChI=1S/C16H16BrN/c1-16(2)12-6-4-5-7-14(12)18(3)15-9-8-11(17)10-13(15)16/h4-10H,1-3H3. The van der Waals surface area contributed by atoms with Crippen LogP contribution in [0.2, 0.25) is 0 Å². The van der Waals surface area contributed by atoms with Gasteiger partial charge in [-0.2, -0.15) is 0 Å². The summed E-state index contributed by atoms with van der Waals surface area (Å²) in [7, 11) is 2.14. The molecule has 0 aliphatic carbocycles. The molecule has 92 valence electrons. The molecule has 1 nitrogen and oxygen atoms in total. The lowest BCUT2D eigenvalue weighted by atomic mass is 9.74. The molecule has 0 saturated carbocycles. The van der Waals surface area contributed by atoms with E-state index < -0.39 is 0 Å². The van der Waals surface area contributed by atoms with Crippen LogP contribution >= 0.6 is 15.9 Å². The van der Waals surface area contributed by atoms with Gasteiger partial charge >= 0.3 is 0 Å². The van der Waals surface area contributed by atoms with Crippen molar-refractivity contribution in [3.63, 3.8) is 0 Å². The van der Waals surface area contributed by atoms with Crippen molar-refractivity contribution in [3.05, 3.63) is 58.1 Å². The Kier molecular flexibility index (Phi) is 2.53. The van der Waals surface area contributed by atoms with Crippen LogP contribution in [0.15, 0.2) is 46.9 Å². The van der Waals surface area contributed by atoms with Crippen molar-refractivity contribution in [2.24, 2.45) is 0 Å². The van der Waals surface area contributed by atoms with E-state index >= 15 is 0 Å². The average Bonchev–Trinajstić information content (AvgIpc) is 2.36. The first-order valence-electron chi connectivity index (χ1n) is 6.15. The van der Waals surface area contributed by atoms with Gasteiger partial charge in [-0.1, -0.05) is 48.0 Å². The molecule has 1 heterocycles. The van der Waals surface area contributed by atoms with E-state index in [9.17, 15) is 0 Å². The fraction of sp³-hybridized carbons (Fsp3) is 0.250. The van der Waals surface area contributed by atoms with E-state index in [1.807, 2.05) is 0 Å². The summed E-state index contributed by atoms with van der Waals surface area (Å²) in [6.07, 6.45) is 0. The predicted octanol–water partition coefficient (Wildman–Crippen LogP) is 4.86. The third-order valence-corrected chi connectivity index (χ3v) is 4.43. The molecule has 0 amide bonds. The van der Waals surface area contributed by atoms with Crippen LogP contribution in [0.3, 0.4) is 0 Å². The molecule has 18 heavy (non-hydrogen) atoms. The van der Waals surface area contributed by atoms with E-state index in [0.717, 1.165) is 4.47 Å². The number of fused-ring (bicyclic) bond motifs is 2. The van der Waals surface area contributed by atoms with Gasteiger partial charge in [0.25, 0.3) is 0 Å². The molecular formula is C16H16BrN. The van der Waals surface area contributed by atoms with E-state index in [-0.39, 0.29) is 5.41 Å². The first-order valence-corrected chi connectivity index (χ1v) is 6.94. The predicted molar refractivity (Wildman–Crippen MR) is 80.8 cm³/mol. The molecule has 0 fully saturated rings. The number of nitrogens with zero attached hydrogens (tertiary/aromatic N) is 1. The number of benzene rings is 2. The van der Waals surface area contributed by atoms with Crippen LogP contribution in [0.25, 0.3) is 0 Å².